The first-order valence-electron chi connectivity index (χ1n) is 6.82. The normalized spacial score (nSPS) is 25.6. The molecular formula is C14H26N2. The maximum atomic E-state index is 3.60. The van der Waals surface area contributed by atoms with Crippen LogP contribution in [0.25, 0.3) is 0 Å². The summed E-state index contributed by atoms with van der Waals surface area (Å²) < 4.78 is 0. The molecule has 0 radical (unpaired) electrons. The second-order valence-corrected chi connectivity index (χ2v) is 5.69. The van der Waals surface area contributed by atoms with Crippen LogP contribution in [0.3, 0.4) is 0 Å². The molecule has 0 amide bonds. The molecule has 1 aliphatic carbocycles. The minimum absolute atomic E-state index is 0.489. The quantitative estimate of drug-likeness (QED) is 0.722. The largest absolute Gasteiger partial charge is 0.314 e. The van der Waals surface area contributed by atoms with E-state index < -0.39 is 0 Å². The van der Waals surface area contributed by atoms with E-state index in [9.17, 15) is 0 Å². The summed E-state index contributed by atoms with van der Waals surface area (Å²) in [6.07, 6.45) is 9.48. The minimum atomic E-state index is 0.489. The number of nitrogens with zero attached hydrogens (tertiary/aromatic N) is 1. The molecule has 16 heavy (non-hydrogen) atoms. The van der Waals surface area contributed by atoms with E-state index in [-0.39, 0.29) is 0 Å². The molecule has 0 aromatic heterocycles. The summed E-state index contributed by atoms with van der Waals surface area (Å²) in [6, 6.07) is 0. The number of piperazine rings is 1. The van der Waals surface area contributed by atoms with Crippen molar-refractivity contribution < 1.29 is 0 Å². The fourth-order valence-corrected chi connectivity index (χ4v) is 3.16. The van der Waals surface area contributed by atoms with Crippen molar-refractivity contribution in [2.24, 2.45) is 0 Å². The monoisotopic (exact) mass is 222 g/mol. The molecule has 2 heteroatoms. The highest BCUT2D eigenvalue weighted by molar-refractivity contribution is 5.03. The van der Waals surface area contributed by atoms with E-state index in [1.807, 2.05) is 0 Å². The number of hydrogen-bond donors (Lipinski definition) is 1. The van der Waals surface area contributed by atoms with Crippen LogP contribution in [0.4, 0.5) is 0 Å². The van der Waals surface area contributed by atoms with Crippen molar-refractivity contribution in [2.75, 3.05) is 26.2 Å². The third kappa shape index (κ3) is 2.67. The first-order valence-corrected chi connectivity index (χ1v) is 6.82. The lowest BCUT2D eigenvalue weighted by Gasteiger charge is -2.49. The summed E-state index contributed by atoms with van der Waals surface area (Å²) in [6.45, 7) is 9.17. The first kappa shape index (κ1) is 12.1. The number of hydrogen-bond acceptors (Lipinski definition) is 2. The number of rotatable bonds is 2. The fourth-order valence-electron chi connectivity index (χ4n) is 3.16. The van der Waals surface area contributed by atoms with Crippen LogP contribution in [-0.4, -0.2) is 36.6 Å². The van der Waals surface area contributed by atoms with E-state index in [1.54, 1.807) is 0 Å². The summed E-state index contributed by atoms with van der Waals surface area (Å²) in [7, 11) is 0. The van der Waals surface area contributed by atoms with Gasteiger partial charge in [0.15, 0.2) is 0 Å². The van der Waals surface area contributed by atoms with Gasteiger partial charge < -0.3 is 5.32 Å². The standard InChI is InChI=1S/C14H26N2/c1-13(2)6-10-16-11-9-15-12-14(16)7-4-3-5-8-14/h6,15H,3-5,7-12H2,1-2H3. The Balaban J connectivity index is 2.03. The molecule has 1 spiro atoms. The van der Waals surface area contributed by atoms with Gasteiger partial charge in [0.2, 0.25) is 0 Å². The average molecular weight is 222 g/mol. The van der Waals surface area contributed by atoms with Crippen LogP contribution in [0, 0.1) is 0 Å². The molecule has 2 nitrogen and oxygen atoms in total. The summed E-state index contributed by atoms with van der Waals surface area (Å²) in [5.41, 5.74) is 1.94. The second kappa shape index (κ2) is 5.33. The third-order valence-corrected chi connectivity index (χ3v) is 4.19. The van der Waals surface area contributed by atoms with Crippen LogP contribution in [0.15, 0.2) is 11.6 Å². The average Bonchev–Trinajstić information content (AvgIpc) is 2.29. The lowest BCUT2D eigenvalue weighted by atomic mass is 9.79. The molecule has 0 aromatic rings. The molecule has 1 N–H and O–H groups in total. The van der Waals surface area contributed by atoms with Crippen LogP contribution in [0.1, 0.15) is 46.0 Å². The second-order valence-electron chi connectivity index (χ2n) is 5.69. The molecule has 1 saturated carbocycles. The number of nitrogens with one attached hydrogen (secondary N) is 1. The molecule has 1 heterocycles. The fraction of sp³-hybridized carbons (Fsp3) is 0.857. The summed E-state index contributed by atoms with van der Waals surface area (Å²) >= 11 is 0. The van der Waals surface area contributed by atoms with E-state index in [1.165, 1.54) is 57.3 Å². The maximum Gasteiger partial charge on any atom is 0.0337 e. The molecule has 92 valence electrons. The Hall–Kier alpha value is -0.340. The van der Waals surface area contributed by atoms with Gasteiger partial charge >= 0.3 is 0 Å². The Morgan fingerprint density at radius 2 is 2.00 bits per heavy atom. The van der Waals surface area contributed by atoms with Crippen molar-refractivity contribution in [3.8, 4) is 0 Å². The predicted molar refractivity (Wildman–Crippen MR) is 69.7 cm³/mol. The topological polar surface area (TPSA) is 15.3 Å². The van der Waals surface area contributed by atoms with E-state index in [2.05, 4.69) is 30.1 Å². The van der Waals surface area contributed by atoms with Crippen molar-refractivity contribution in [3.63, 3.8) is 0 Å². The van der Waals surface area contributed by atoms with Gasteiger partial charge in [-0.15, -0.1) is 0 Å². The molecular weight excluding hydrogens is 196 g/mol. The highest BCUT2D eigenvalue weighted by Crippen LogP contribution is 2.34. The summed E-state index contributed by atoms with van der Waals surface area (Å²) in [4.78, 5) is 2.73. The van der Waals surface area contributed by atoms with Gasteiger partial charge in [-0.2, -0.15) is 0 Å². The molecule has 1 aliphatic heterocycles. The first-order chi connectivity index (χ1) is 7.73. The highest BCUT2D eigenvalue weighted by Gasteiger charge is 2.38. The van der Waals surface area contributed by atoms with Crippen molar-refractivity contribution in [2.45, 2.75) is 51.5 Å². The molecule has 0 unspecified atom stereocenters. The van der Waals surface area contributed by atoms with Gasteiger partial charge in [0, 0.05) is 31.7 Å². The van der Waals surface area contributed by atoms with Gasteiger partial charge in [-0.3, -0.25) is 4.90 Å². The number of allylic oxidation sites excluding steroid dienone is 1. The third-order valence-electron chi connectivity index (χ3n) is 4.19. The van der Waals surface area contributed by atoms with Gasteiger partial charge in [0.25, 0.3) is 0 Å². The molecule has 2 fully saturated rings. The van der Waals surface area contributed by atoms with E-state index in [0.717, 1.165) is 6.54 Å². The van der Waals surface area contributed by atoms with Gasteiger partial charge in [0.05, 0.1) is 0 Å². The Kier molecular flexibility index (Phi) is 4.04. The van der Waals surface area contributed by atoms with Gasteiger partial charge in [-0.05, 0) is 26.7 Å². The minimum Gasteiger partial charge on any atom is -0.314 e. The van der Waals surface area contributed by atoms with Gasteiger partial charge in [0.1, 0.15) is 0 Å². The van der Waals surface area contributed by atoms with Crippen molar-refractivity contribution in [1.29, 1.82) is 0 Å². The van der Waals surface area contributed by atoms with Crippen molar-refractivity contribution >= 4 is 0 Å². The zero-order valence-electron chi connectivity index (χ0n) is 10.9. The van der Waals surface area contributed by atoms with Crippen LogP contribution in [0.5, 0.6) is 0 Å². The van der Waals surface area contributed by atoms with Crippen molar-refractivity contribution in [1.82, 2.24) is 10.2 Å². The Morgan fingerprint density at radius 3 is 2.69 bits per heavy atom. The lowest BCUT2D eigenvalue weighted by molar-refractivity contribution is 0.0377. The zero-order chi connectivity index (χ0) is 11.4. The smallest absolute Gasteiger partial charge is 0.0337 e. The molecule has 2 rings (SSSR count). The van der Waals surface area contributed by atoms with Gasteiger partial charge in [-0.1, -0.05) is 30.9 Å². The molecule has 2 aliphatic rings. The summed E-state index contributed by atoms with van der Waals surface area (Å²) in [5.74, 6) is 0. The SMILES string of the molecule is CC(C)=CCN1CCNCC12CCCCC2. The van der Waals surface area contributed by atoms with E-state index >= 15 is 0 Å². The van der Waals surface area contributed by atoms with Crippen LogP contribution >= 0.6 is 0 Å². The lowest BCUT2D eigenvalue weighted by Crippen LogP contribution is -2.61. The van der Waals surface area contributed by atoms with Gasteiger partial charge in [-0.25, -0.2) is 0 Å². The van der Waals surface area contributed by atoms with Crippen LogP contribution in [-0.2, 0) is 0 Å². The van der Waals surface area contributed by atoms with Crippen LogP contribution in [0.2, 0.25) is 0 Å². The zero-order valence-corrected chi connectivity index (χ0v) is 10.9. The van der Waals surface area contributed by atoms with Crippen LogP contribution < -0.4 is 5.32 Å². The Labute approximate surface area is 100 Å². The molecule has 0 aromatic carbocycles. The predicted octanol–water partition coefficient (Wildman–Crippen LogP) is 2.56. The molecule has 0 bridgehead atoms. The van der Waals surface area contributed by atoms with Crippen molar-refractivity contribution in [3.05, 3.63) is 11.6 Å². The highest BCUT2D eigenvalue weighted by atomic mass is 15.3. The Bertz CT molecular complexity index is 239. The van der Waals surface area contributed by atoms with E-state index in [4.69, 9.17) is 0 Å². The van der Waals surface area contributed by atoms with E-state index in [0.29, 0.717) is 5.54 Å². The molecule has 1 saturated heterocycles. The molecule has 0 atom stereocenters. The summed E-state index contributed by atoms with van der Waals surface area (Å²) in [5, 5.41) is 3.60. The maximum absolute atomic E-state index is 3.60. The Morgan fingerprint density at radius 1 is 1.25 bits per heavy atom.